The van der Waals surface area contributed by atoms with Crippen molar-refractivity contribution in [2.24, 2.45) is 9.98 Å². The molecule has 2 amide bonds. The van der Waals surface area contributed by atoms with E-state index in [-0.39, 0.29) is 16.9 Å². The zero-order chi connectivity index (χ0) is 19.9. The molecular weight excluding hydrogens is 352 g/mol. The molecule has 26 heavy (non-hydrogen) atoms. The summed E-state index contributed by atoms with van der Waals surface area (Å²) in [4.78, 5) is 19.4. The van der Waals surface area contributed by atoms with Gasteiger partial charge in [-0.2, -0.15) is 8.42 Å². The molecule has 0 bridgehead atoms. The number of rotatable bonds is 5. The largest absolute Gasteiger partial charge is 0.333 e. The first-order chi connectivity index (χ1) is 12.1. The number of hydrogen-bond donors (Lipinski definition) is 2. The molecule has 1 aromatic carbocycles. The van der Waals surface area contributed by atoms with E-state index in [2.05, 4.69) is 22.0 Å². The molecule has 0 aliphatic heterocycles. The van der Waals surface area contributed by atoms with E-state index < -0.39 is 16.1 Å². The zero-order valence-electron chi connectivity index (χ0n) is 15.8. The fraction of sp³-hybridized carbons (Fsp3) is 0.389. The van der Waals surface area contributed by atoms with Crippen molar-refractivity contribution in [3.8, 4) is 0 Å². The minimum Gasteiger partial charge on any atom is -0.307 e. The minimum atomic E-state index is -4.05. The topological polar surface area (TPSA) is 100.0 Å². The Morgan fingerprint density at radius 2 is 1.65 bits per heavy atom. The molecule has 0 aromatic heterocycles. The number of benzene rings is 1. The molecule has 0 aliphatic carbocycles. The summed E-state index contributed by atoms with van der Waals surface area (Å²) < 4.78 is 26.3. The number of para-hydroxylation sites is 1. The Balaban J connectivity index is 3.10. The number of amides is 2. The van der Waals surface area contributed by atoms with Crippen molar-refractivity contribution >= 4 is 33.5 Å². The third-order valence-corrected chi connectivity index (χ3v) is 4.99. The Bertz CT molecular complexity index is 799. The molecule has 2 N–H and O–H groups in total. The summed E-state index contributed by atoms with van der Waals surface area (Å²) in [6, 6.07) is 4.93. The normalized spacial score (nSPS) is 12.7. The SMILES string of the molecule is C=N/C=C\N=C(C)S(=O)(=O)NC(=O)Nc1c(C(C)C)cccc1C(C)C. The van der Waals surface area contributed by atoms with E-state index in [4.69, 9.17) is 0 Å². The second kappa shape index (κ2) is 9.28. The highest BCUT2D eigenvalue weighted by molar-refractivity contribution is 8.05. The molecule has 1 aromatic rings. The summed E-state index contributed by atoms with van der Waals surface area (Å²) >= 11 is 0. The predicted octanol–water partition coefficient (Wildman–Crippen LogP) is 3.97. The molecule has 0 atom stereocenters. The first-order valence-corrected chi connectivity index (χ1v) is 9.70. The van der Waals surface area contributed by atoms with E-state index in [9.17, 15) is 13.2 Å². The number of hydrogen-bond acceptors (Lipinski definition) is 5. The van der Waals surface area contributed by atoms with Crippen LogP contribution in [-0.2, 0) is 10.0 Å². The second-order valence-corrected chi connectivity index (χ2v) is 8.11. The highest BCUT2D eigenvalue weighted by Crippen LogP contribution is 2.32. The van der Waals surface area contributed by atoms with Gasteiger partial charge in [0.25, 0.3) is 10.0 Å². The average molecular weight is 378 g/mol. The van der Waals surface area contributed by atoms with Crippen LogP contribution in [0.25, 0.3) is 0 Å². The third kappa shape index (κ3) is 5.80. The maximum atomic E-state index is 12.3. The van der Waals surface area contributed by atoms with Crippen molar-refractivity contribution in [2.45, 2.75) is 46.5 Å². The van der Waals surface area contributed by atoms with Crippen LogP contribution in [0.4, 0.5) is 10.5 Å². The van der Waals surface area contributed by atoms with Crippen molar-refractivity contribution < 1.29 is 13.2 Å². The molecule has 142 valence electrons. The number of nitrogens with zero attached hydrogens (tertiary/aromatic N) is 2. The van der Waals surface area contributed by atoms with Crippen molar-refractivity contribution in [2.75, 3.05) is 5.32 Å². The van der Waals surface area contributed by atoms with Gasteiger partial charge in [0, 0.05) is 18.1 Å². The quantitative estimate of drug-likeness (QED) is 0.599. The highest BCUT2D eigenvalue weighted by atomic mass is 32.2. The summed E-state index contributed by atoms with van der Waals surface area (Å²) in [5.41, 5.74) is 2.51. The molecular formula is C18H26N4O3S. The second-order valence-electron chi connectivity index (χ2n) is 6.31. The van der Waals surface area contributed by atoms with E-state index in [0.29, 0.717) is 5.69 Å². The van der Waals surface area contributed by atoms with Crippen LogP contribution in [0.15, 0.2) is 40.6 Å². The van der Waals surface area contributed by atoms with Gasteiger partial charge in [-0.05, 0) is 36.6 Å². The molecule has 0 fully saturated rings. The summed E-state index contributed by atoms with van der Waals surface area (Å²) in [6.45, 7) is 12.5. The Kier molecular flexibility index (Phi) is 7.70. The molecule has 0 unspecified atom stereocenters. The van der Waals surface area contributed by atoms with Gasteiger partial charge in [-0.1, -0.05) is 45.9 Å². The van der Waals surface area contributed by atoms with Gasteiger partial charge in [0.05, 0.1) is 0 Å². The Hall–Kier alpha value is -2.48. The van der Waals surface area contributed by atoms with Gasteiger partial charge in [-0.3, -0.25) is 4.99 Å². The molecule has 0 saturated heterocycles. The Morgan fingerprint density at radius 3 is 2.12 bits per heavy atom. The highest BCUT2D eigenvalue weighted by Gasteiger charge is 2.21. The standard InChI is InChI=1S/C18H26N4O3S/c1-12(2)15-8-7-9-16(13(3)4)17(15)21-18(23)22-26(24,25)14(5)20-11-10-19-6/h7-13H,6H2,1-5H3,(H2,21,22,23)/b11-10-,20-14?. The van der Waals surface area contributed by atoms with Crippen molar-refractivity contribution in [1.82, 2.24) is 4.72 Å². The summed E-state index contributed by atoms with van der Waals surface area (Å²) in [7, 11) is -4.05. The number of nitrogens with one attached hydrogen (secondary N) is 2. The number of carbonyl (C=O) groups is 1. The molecule has 0 saturated carbocycles. The van der Waals surface area contributed by atoms with Gasteiger partial charge in [-0.25, -0.2) is 14.5 Å². The lowest BCUT2D eigenvalue weighted by molar-refractivity contribution is 0.256. The van der Waals surface area contributed by atoms with Crippen LogP contribution in [-0.4, -0.2) is 26.2 Å². The van der Waals surface area contributed by atoms with Gasteiger partial charge in [0.1, 0.15) is 5.04 Å². The first kappa shape index (κ1) is 21.6. The summed E-state index contributed by atoms with van der Waals surface area (Å²) in [6.07, 6.45) is 2.43. The third-order valence-electron chi connectivity index (χ3n) is 3.66. The summed E-state index contributed by atoms with van der Waals surface area (Å²) in [5.74, 6) is 0.334. The van der Waals surface area contributed by atoms with Gasteiger partial charge in [-0.15, -0.1) is 0 Å². The molecule has 0 spiro atoms. The molecule has 7 nitrogen and oxygen atoms in total. The molecule has 1 rings (SSSR count). The average Bonchev–Trinajstić information content (AvgIpc) is 2.53. The van der Waals surface area contributed by atoms with E-state index >= 15 is 0 Å². The number of urea groups is 1. The van der Waals surface area contributed by atoms with Crippen LogP contribution in [0.5, 0.6) is 0 Å². The molecule has 8 heteroatoms. The molecule has 0 radical (unpaired) electrons. The Morgan fingerprint density at radius 1 is 1.12 bits per heavy atom. The van der Waals surface area contributed by atoms with Crippen molar-refractivity contribution in [1.29, 1.82) is 0 Å². The monoisotopic (exact) mass is 378 g/mol. The molecule has 0 aliphatic rings. The molecule has 0 heterocycles. The van der Waals surface area contributed by atoms with E-state index in [1.807, 2.05) is 50.6 Å². The fourth-order valence-electron chi connectivity index (χ4n) is 2.29. The van der Waals surface area contributed by atoms with E-state index in [0.717, 1.165) is 11.1 Å². The maximum absolute atomic E-state index is 12.3. The Labute approximate surface area is 155 Å². The van der Waals surface area contributed by atoms with Crippen LogP contribution < -0.4 is 10.0 Å². The smallest absolute Gasteiger partial charge is 0.307 e. The zero-order valence-corrected chi connectivity index (χ0v) is 16.6. The lowest BCUT2D eigenvalue weighted by Crippen LogP contribution is -2.38. The van der Waals surface area contributed by atoms with Gasteiger partial charge >= 0.3 is 6.03 Å². The van der Waals surface area contributed by atoms with Crippen LogP contribution in [0.2, 0.25) is 0 Å². The predicted molar refractivity (Wildman–Crippen MR) is 107 cm³/mol. The van der Waals surface area contributed by atoms with Crippen LogP contribution in [0.1, 0.15) is 57.6 Å². The summed E-state index contributed by atoms with van der Waals surface area (Å²) in [5, 5.41) is 2.43. The van der Waals surface area contributed by atoms with Gasteiger partial charge in [0.2, 0.25) is 0 Å². The maximum Gasteiger partial charge on any atom is 0.333 e. The van der Waals surface area contributed by atoms with Crippen molar-refractivity contribution in [3.63, 3.8) is 0 Å². The van der Waals surface area contributed by atoms with E-state index in [1.165, 1.54) is 19.3 Å². The van der Waals surface area contributed by atoms with Crippen LogP contribution in [0.3, 0.4) is 0 Å². The van der Waals surface area contributed by atoms with Gasteiger partial charge < -0.3 is 5.32 Å². The lowest BCUT2D eigenvalue weighted by atomic mass is 9.93. The minimum absolute atomic E-state index is 0.167. The van der Waals surface area contributed by atoms with E-state index in [1.54, 1.807) is 0 Å². The number of sulfonamides is 1. The van der Waals surface area contributed by atoms with Crippen LogP contribution >= 0.6 is 0 Å². The van der Waals surface area contributed by atoms with Crippen molar-refractivity contribution in [3.05, 3.63) is 41.7 Å². The number of carbonyl (C=O) groups excluding carboxylic acids is 1. The number of anilines is 1. The van der Waals surface area contributed by atoms with Crippen LogP contribution in [0, 0.1) is 0 Å². The first-order valence-electron chi connectivity index (χ1n) is 8.22. The lowest BCUT2D eigenvalue weighted by Gasteiger charge is -2.20. The van der Waals surface area contributed by atoms with Gasteiger partial charge in [0.15, 0.2) is 0 Å². The fourth-order valence-corrected chi connectivity index (χ4v) is 2.93. The number of aliphatic imine (C=N–C) groups is 2.